The van der Waals surface area contributed by atoms with Crippen LogP contribution in [0.25, 0.3) is 0 Å². The molecule has 0 unspecified atom stereocenters. The number of halogens is 1. The van der Waals surface area contributed by atoms with E-state index in [9.17, 15) is 4.79 Å². The largest absolute Gasteiger partial charge is 0.466 e. The number of esters is 1. The van der Waals surface area contributed by atoms with Crippen molar-refractivity contribution in [2.24, 2.45) is 5.73 Å². The molecule has 2 rings (SSSR count). The van der Waals surface area contributed by atoms with E-state index >= 15 is 0 Å². The first-order chi connectivity index (χ1) is 9.20. The molecule has 112 valence electrons. The topological polar surface area (TPSA) is 55.6 Å². The molecule has 0 radical (unpaired) electrons. The average Bonchev–Trinajstić information content (AvgIpc) is 2.93. The molecule has 1 heterocycles. The first-order valence-electron chi connectivity index (χ1n) is 6.97. The van der Waals surface area contributed by atoms with Gasteiger partial charge in [-0.1, -0.05) is 12.1 Å². The molecule has 0 saturated carbocycles. The number of carbonyl (C=O) groups is 1. The summed E-state index contributed by atoms with van der Waals surface area (Å²) in [5.74, 6) is -0.237. The van der Waals surface area contributed by atoms with Crippen LogP contribution >= 0.6 is 12.4 Å². The van der Waals surface area contributed by atoms with Crippen molar-refractivity contribution in [1.82, 2.24) is 0 Å². The van der Waals surface area contributed by atoms with Crippen LogP contribution in [0.15, 0.2) is 24.3 Å². The predicted octanol–water partition coefficient (Wildman–Crippen LogP) is 2.66. The molecule has 1 aromatic carbocycles. The lowest BCUT2D eigenvalue weighted by atomic mass is 10.0. The molecule has 1 saturated heterocycles. The van der Waals surface area contributed by atoms with Crippen LogP contribution in [0, 0.1) is 0 Å². The van der Waals surface area contributed by atoms with Gasteiger partial charge in [0.2, 0.25) is 0 Å². The maximum atomic E-state index is 11.4. The molecular weight excluding hydrogens is 276 g/mol. The molecule has 20 heavy (non-hydrogen) atoms. The van der Waals surface area contributed by atoms with Crippen LogP contribution in [0.2, 0.25) is 0 Å². The highest BCUT2D eigenvalue weighted by molar-refractivity contribution is 5.85. The van der Waals surface area contributed by atoms with Crippen molar-refractivity contribution in [3.63, 3.8) is 0 Å². The molecule has 0 aliphatic carbocycles. The van der Waals surface area contributed by atoms with Gasteiger partial charge in [0.25, 0.3) is 0 Å². The predicted molar refractivity (Wildman–Crippen MR) is 83.3 cm³/mol. The van der Waals surface area contributed by atoms with Crippen molar-refractivity contribution < 1.29 is 9.53 Å². The van der Waals surface area contributed by atoms with Gasteiger partial charge >= 0.3 is 5.97 Å². The summed E-state index contributed by atoms with van der Waals surface area (Å²) >= 11 is 0. The monoisotopic (exact) mass is 298 g/mol. The number of hydrogen-bond donors (Lipinski definition) is 1. The number of anilines is 1. The molecular formula is C15H23ClN2O2. The molecule has 5 heteroatoms. The van der Waals surface area contributed by atoms with E-state index in [0.29, 0.717) is 6.61 Å². The van der Waals surface area contributed by atoms with Gasteiger partial charge in [-0.3, -0.25) is 4.79 Å². The van der Waals surface area contributed by atoms with E-state index in [-0.39, 0.29) is 30.8 Å². The molecule has 0 aromatic heterocycles. The van der Waals surface area contributed by atoms with E-state index < -0.39 is 0 Å². The lowest BCUT2D eigenvalue weighted by Gasteiger charge is -2.18. The Hall–Kier alpha value is -1.26. The maximum absolute atomic E-state index is 11.4. The lowest BCUT2D eigenvalue weighted by Crippen LogP contribution is -2.19. The second-order valence-electron chi connectivity index (χ2n) is 4.90. The van der Waals surface area contributed by atoms with Crippen molar-refractivity contribution in [2.75, 3.05) is 24.6 Å². The molecule has 1 aliphatic rings. The van der Waals surface area contributed by atoms with Gasteiger partial charge in [0.1, 0.15) is 0 Å². The third kappa shape index (κ3) is 4.39. The Morgan fingerprint density at radius 2 is 1.90 bits per heavy atom. The molecule has 1 atom stereocenters. The number of rotatable bonds is 5. The average molecular weight is 299 g/mol. The van der Waals surface area contributed by atoms with E-state index in [1.807, 2.05) is 12.1 Å². The van der Waals surface area contributed by atoms with E-state index in [2.05, 4.69) is 17.0 Å². The van der Waals surface area contributed by atoms with Crippen LogP contribution in [-0.2, 0) is 9.53 Å². The zero-order valence-electron chi connectivity index (χ0n) is 11.9. The van der Waals surface area contributed by atoms with Gasteiger partial charge in [-0.15, -0.1) is 12.4 Å². The second-order valence-corrected chi connectivity index (χ2v) is 4.90. The summed E-state index contributed by atoms with van der Waals surface area (Å²) in [5, 5.41) is 0. The highest BCUT2D eigenvalue weighted by Gasteiger charge is 2.15. The third-order valence-corrected chi connectivity index (χ3v) is 3.48. The van der Waals surface area contributed by atoms with E-state index in [1.165, 1.54) is 18.5 Å². The van der Waals surface area contributed by atoms with Crippen molar-refractivity contribution >= 4 is 24.1 Å². The zero-order valence-corrected chi connectivity index (χ0v) is 12.7. The summed E-state index contributed by atoms with van der Waals surface area (Å²) in [6, 6.07) is 7.92. The Balaban J connectivity index is 0.00000200. The molecule has 0 bridgehead atoms. The Morgan fingerprint density at radius 1 is 1.30 bits per heavy atom. The number of nitrogens with zero attached hydrogens (tertiary/aromatic N) is 1. The lowest BCUT2D eigenvalue weighted by molar-refractivity contribution is -0.143. The first-order valence-corrected chi connectivity index (χ1v) is 6.97. The number of nitrogens with two attached hydrogens (primary N) is 1. The summed E-state index contributed by atoms with van der Waals surface area (Å²) in [4.78, 5) is 13.8. The van der Waals surface area contributed by atoms with Crippen LogP contribution in [0.4, 0.5) is 5.69 Å². The maximum Gasteiger partial charge on any atom is 0.307 e. The Labute approximate surface area is 126 Å². The molecule has 4 nitrogen and oxygen atoms in total. The van der Waals surface area contributed by atoms with Crippen LogP contribution in [-0.4, -0.2) is 25.7 Å². The van der Waals surface area contributed by atoms with Crippen LogP contribution < -0.4 is 10.6 Å². The summed E-state index contributed by atoms with van der Waals surface area (Å²) in [5.41, 5.74) is 8.24. The number of ether oxygens (including phenoxy) is 1. The van der Waals surface area contributed by atoms with Crippen LogP contribution in [0.1, 0.15) is 37.8 Å². The zero-order chi connectivity index (χ0) is 13.7. The normalized spacial score (nSPS) is 15.6. The SMILES string of the molecule is CCOC(=O)C[C@H](N)c1ccc(N2CCCC2)cc1.Cl. The molecule has 0 spiro atoms. The smallest absolute Gasteiger partial charge is 0.307 e. The van der Waals surface area contributed by atoms with Crippen molar-refractivity contribution in [1.29, 1.82) is 0 Å². The van der Waals surface area contributed by atoms with E-state index in [4.69, 9.17) is 10.5 Å². The minimum Gasteiger partial charge on any atom is -0.466 e. The second kappa shape index (κ2) is 8.12. The van der Waals surface area contributed by atoms with Crippen molar-refractivity contribution in [3.8, 4) is 0 Å². The number of benzene rings is 1. The fraction of sp³-hybridized carbons (Fsp3) is 0.533. The number of carbonyl (C=O) groups excluding carboxylic acids is 1. The fourth-order valence-corrected chi connectivity index (χ4v) is 2.42. The summed E-state index contributed by atoms with van der Waals surface area (Å²) < 4.78 is 4.91. The summed E-state index contributed by atoms with van der Waals surface area (Å²) in [7, 11) is 0. The van der Waals surface area contributed by atoms with Crippen LogP contribution in [0.3, 0.4) is 0 Å². The Kier molecular flexibility index (Phi) is 6.82. The Bertz CT molecular complexity index is 416. The number of hydrogen-bond acceptors (Lipinski definition) is 4. The fourth-order valence-electron chi connectivity index (χ4n) is 2.42. The summed E-state index contributed by atoms with van der Waals surface area (Å²) in [6.45, 7) is 4.47. The molecule has 1 fully saturated rings. The van der Waals surface area contributed by atoms with Gasteiger partial charge in [0.05, 0.1) is 13.0 Å². The van der Waals surface area contributed by atoms with E-state index in [1.54, 1.807) is 6.92 Å². The van der Waals surface area contributed by atoms with Gasteiger partial charge in [-0.25, -0.2) is 0 Å². The minimum absolute atomic E-state index is 0. The molecule has 2 N–H and O–H groups in total. The van der Waals surface area contributed by atoms with Crippen LogP contribution in [0.5, 0.6) is 0 Å². The van der Waals surface area contributed by atoms with Gasteiger partial charge in [-0.2, -0.15) is 0 Å². The third-order valence-electron chi connectivity index (χ3n) is 3.48. The summed E-state index contributed by atoms with van der Waals surface area (Å²) in [6.07, 6.45) is 2.77. The van der Waals surface area contributed by atoms with Crippen molar-refractivity contribution in [2.45, 2.75) is 32.2 Å². The van der Waals surface area contributed by atoms with Crippen molar-refractivity contribution in [3.05, 3.63) is 29.8 Å². The van der Waals surface area contributed by atoms with E-state index in [0.717, 1.165) is 18.7 Å². The standard InChI is InChI=1S/C15H22N2O2.ClH/c1-2-19-15(18)11-14(16)12-5-7-13(8-6-12)17-9-3-4-10-17;/h5-8,14H,2-4,9-11,16H2,1H3;1H/t14-;/m0./s1. The van der Waals surface area contributed by atoms with Gasteiger partial charge in [-0.05, 0) is 37.5 Å². The highest BCUT2D eigenvalue weighted by atomic mass is 35.5. The molecule has 1 aromatic rings. The Morgan fingerprint density at radius 3 is 2.45 bits per heavy atom. The van der Waals surface area contributed by atoms with Gasteiger partial charge < -0.3 is 15.4 Å². The molecule has 0 amide bonds. The van der Waals surface area contributed by atoms with Gasteiger partial charge in [0.15, 0.2) is 0 Å². The minimum atomic E-state index is -0.285. The quantitative estimate of drug-likeness (QED) is 0.849. The molecule has 1 aliphatic heterocycles. The highest BCUT2D eigenvalue weighted by Crippen LogP contribution is 2.23. The first kappa shape index (κ1) is 16.8. The van der Waals surface area contributed by atoms with Gasteiger partial charge in [0, 0.05) is 24.8 Å².